The van der Waals surface area contributed by atoms with E-state index in [-0.39, 0.29) is 16.1 Å². The highest BCUT2D eigenvalue weighted by Crippen LogP contribution is 2.50. The summed E-state index contributed by atoms with van der Waals surface area (Å²) in [6.45, 7) is 1.86. The molecule has 2 aromatic carbocycles. The second-order valence-corrected chi connectivity index (χ2v) is 7.49. The van der Waals surface area contributed by atoms with Crippen LogP contribution in [0.3, 0.4) is 0 Å². The van der Waals surface area contributed by atoms with Gasteiger partial charge in [-0.2, -0.15) is 26.3 Å². The molecule has 0 amide bonds. The SMILES string of the molecule is CCc1ccc(Cl)c(-c2cccc(SC(F)(F)F)c2SC(F)(F)F)c1. The maximum Gasteiger partial charge on any atom is 0.446 e. The van der Waals surface area contributed by atoms with Crippen molar-refractivity contribution in [3.8, 4) is 11.1 Å². The summed E-state index contributed by atoms with van der Waals surface area (Å²) in [5.74, 6) is 0. The molecule has 136 valence electrons. The second kappa shape index (κ2) is 7.72. The molecule has 0 radical (unpaired) electrons. The molecule has 0 aromatic heterocycles. The molecule has 0 N–H and O–H groups in total. The van der Waals surface area contributed by atoms with Crippen molar-refractivity contribution in [2.24, 2.45) is 0 Å². The molecule has 0 heterocycles. The van der Waals surface area contributed by atoms with Gasteiger partial charge in [0, 0.05) is 20.4 Å². The van der Waals surface area contributed by atoms with E-state index < -0.39 is 44.3 Å². The molecule has 0 bridgehead atoms. The first kappa shape index (κ1) is 20.3. The monoisotopic (exact) mass is 416 g/mol. The molecule has 0 aliphatic rings. The number of rotatable bonds is 4. The fourth-order valence-electron chi connectivity index (χ4n) is 2.15. The molecule has 0 unspecified atom stereocenters. The second-order valence-electron chi connectivity index (χ2n) is 4.90. The molecule has 0 nitrogen and oxygen atoms in total. The molecular weight excluding hydrogens is 406 g/mol. The quantitative estimate of drug-likeness (QED) is 0.368. The van der Waals surface area contributed by atoms with Crippen LogP contribution in [0.15, 0.2) is 46.2 Å². The number of hydrogen-bond acceptors (Lipinski definition) is 2. The van der Waals surface area contributed by atoms with Crippen LogP contribution in [0.1, 0.15) is 12.5 Å². The van der Waals surface area contributed by atoms with Crippen LogP contribution in [0.2, 0.25) is 5.02 Å². The molecule has 0 aliphatic heterocycles. The smallest absolute Gasteiger partial charge is 0.160 e. The van der Waals surface area contributed by atoms with Crippen molar-refractivity contribution in [1.82, 2.24) is 0 Å². The Morgan fingerprint density at radius 2 is 1.52 bits per heavy atom. The van der Waals surface area contributed by atoms with Crippen molar-refractivity contribution in [3.05, 3.63) is 47.0 Å². The molecule has 9 heteroatoms. The fraction of sp³-hybridized carbons (Fsp3) is 0.250. The van der Waals surface area contributed by atoms with E-state index in [1.54, 1.807) is 12.1 Å². The maximum atomic E-state index is 12.9. The van der Waals surface area contributed by atoms with E-state index in [0.29, 0.717) is 6.42 Å². The first-order chi connectivity index (χ1) is 11.5. The number of alkyl halides is 6. The van der Waals surface area contributed by atoms with Gasteiger partial charge in [-0.15, -0.1) is 0 Å². The van der Waals surface area contributed by atoms with Crippen LogP contribution in [0, 0.1) is 0 Å². The first-order valence-corrected chi connectivity index (χ1v) is 8.94. The third-order valence-electron chi connectivity index (χ3n) is 3.15. The fourth-order valence-corrected chi connectivity index (χ4v) is 3.91. The molecule has 0 atom stereocenters. The van der Waals surface area contributed by atoms with E-state index in [1.165, 1.54) is 18.2 Å². The Hall–Kier alpha value is -0.990. The summed E-state index contributed by atoms with van der Waals surface area (Å²) in [5.41, 5.74) is -8.31. The minimum Gasteiger partial charge on any atom is -0.160 e. The third-order valence-corrected chi connectivity index (χ3v) is 5.28. The van der Waals surface area contributed by atoms with Crippen LogP contribution in [0.4, 0.5) is 26.3 Å². The summed E-state index contributed by atoms with van der Waals surface area (Å²) in [5, 5.41) is 0.176. The minimum atomic E-state index is -4.73. The Bertz CT molecular complexity index is 755. The Balaban J connectivity index is 2.66. The van der Waals surface area contributed by atoms with Crippen molar-refractivity contribution < 1.29 is 26.3 Å². The lowest BCUT2D eigenvalue weighted by Gasteiger charge is -2.17. The summed E-state index contributed by atoms with van der Waals surface area (Å²) < 4.78 is 77.0. The zero-order chi connectivity index (χ0) is 18.8. The van der Waals surface area contributed by atoms with Gasteiger partial charge in [0.05, 0.1) is 0 Å². The van der Waals surface area contributed by atoms with Crippen LogP contribution in [-0.4, -0.2) is 11.0 Å². The van der Waals surface area contributed by atoms with Gasteiger partial charge in [0.15, 0.2) is 0 Å². The van der Waals surface area contributed by atoms with Crippen LogP contribution >= 0.6 is 35.1 Å². The lowest BCUT2D eigenvalue weighted by Crippen LogP contribution is -2.04. The van der Waals surface area contributed by atoms with Crippen molar-refractivity contribution in [2.75, 3.05) is 0 Å². The topological polar surface area (TPSA) is 0 Å². The number of benzene rings is 2. The maximum absolute atomic E-state index is 12.9. The highest BCUT2D eigenvalue weighted by molar-refractivity contribution is 8.03. The largest absolute Gasteiger partial charge is 0.446 e. The van der Waals surface area contributed by atoms with Crippen molar-refractivity contribution in [3.63, 3.8) is 0 Å². The molecule has 2 aromatic rings. The zero-order valence-corrected chi connectivity index (χ0v) is 15.0. The van der Waals surface area contributed by atoms with Gasteiger partial charge in [0.1, 0.15) is 0 Å². The van der Waals surface area contributed by atoms with Gasteiger partial charge >= 0.3 is 11.0 Å². The van der Waals surface area contributed by atoms with Gasteiger partial charge < -0.3 is 0 Å². The van der Waals surface area contributed by atoms with Crippen molar-refractivity contribution in [1.29, 1.82) is 0 Å². The highest BCUT2D eigenvalue weighted by atomic mass is 35.5. The van der Waals surface area contributed by atoms with Gasteiger partial charge in [-0.05, 0) is 59.3 Å². The van der Waals surface area contributed by atoms with E-state index >= 15 is 0 Å². The van der Waals surface area contributed by atoms with E-state index in [9.17, 15) is 26.3 Å². The molecule has 0 saturated carbocycles. The predicted octanol–water partition coefficient (Wildman–Crippen LogP) is 7.79. The van der Waals surface area contributed by atoms with Gasteiger partial charge in [-0.25, -0.2) is 0 Å². The van der Waals surface area contributed by atoms with Gasteiger partial charge in [-0.3, -0.25) is 0 Å². The molecule has 0 aliphatic carbocycles. The van der Waals surface area contributed by atoms with Crippen molar-refractivity contribution >= 4 is 35.1 Å². The first-order valence-electron chi connectivity index (χ1n) is 6.93. The molecule has 0 fully saturated rings. The Kier molecular flexibility index (Phi) is 6.27. The number of halogens is 7. The standard InChI is InChI=1S/C16H11ClF6S2/c1-2-9-6-7-12(17)11(8-9)10-4-3-5-13(24-15(18,19)20)14(10)25-16(21,22)23/h3-8H,2H2,1H3. The van der Waals surface area contributed by atoms with Gasteiger partial charge in [0.25, 0.3) is 0 Å². The van der Waals surface area contributed by atoms with Crippen molar-refractivity contribution in [2.45, 2.75) is 34.2 Å². The summed E-state index contributed by atoms with van der Waals surface area (Å²) in [7, 11) is 0. The number of hydrogen-bond donors (Lipinski definition) is 0. The zero-order valence-electron chi connectivity index (χ0n) is 12.6. The van der Waals surface area contributed by atoms with Crippen LogP contribution in [0.5, 0.6) is 0 Å². The molecule has 0 saturated heterocycles. The Morgan fingerprint density at radius 3 is 2.08 bits per heavy atom. The normalized spacial score (nSPS) is 12.5. The predicted molar refractivity (Wildman–Crippen MR) is 90.1 cm³/mol. The molecule has 2 rings (SSSR count). The number of aryl methyl sites for hydroxylation is 1. The summed E-state index contributed by atoms with van der Waals surface area (Å²) in [6, 6.07) is 8.50. The summed E-state index contributed by atoms with van der Waals surface area (Å²) in [4.78, 5) is -1.02. The highest BCUT2D eigenvalue weighted by Gasteiger charge is 2.36. The van der Waals surface area contributed by atoms with Crippen LogP contribution in [-0.2, 0) is 6.42 Å². The lowest BCUT2D eigenvalue weighted by molar-refractivity contribution is -0.0346. The van der Waals surface area contributed by atoms with Crippen LogP contribution in [0.25, 0.3) is 11.1 Å². The Labute approximate surface area is 153 Å². The van der Waals surface area contributed by atoms with Crippen LogP contribution < -0.4 is 0 Å². The van der Waals surface area contributed by atoms with E-state index in [2.05, 4.69) is 0 Å². The molecule has 25 heavy (non-hydrogen) atoms. The Morgan fingerprint density at radius 1 is 0.880 bits per heavy atom. The van der Waals surface area contributed by atoms with Gasteiger partial charge in [0.2, 0.25) is 0 Å². The van der Waals surface area contributed by atoms with E-state index in [4.69, 9.17) is 11.6 Å². The summed E-state index contributed by atoms with van der Waals surface area (Å²) in [6.07, 6.45) is 0.614. The van der Waals surface area contributed by atoms with Gasteiger partial charge in [-0.1, -0.05) is 36.7 Å². The average molecular weight is 417 g/mol. The summed E-state index contributed by atoms with van der Waals surface area (Å²) >= 11 is 4.96. The number of thioether (sulfide) groups is 2. The minimum absolute atomic E-state index is 0.0249. The average Bonchev–Trinajstić information content (AvgIpc) is 2.47. The molecule has 0 spiro atoms. The third kappa shape index (κ3) is 5.76. The lowest BCUT2D eigenvalue weighted by atomic mass is 10.0. The van der Waals surface area contributed by atoms with E-state index in [0.717, 1.165) is 11.6 Å². The van der Waals surface area contributed by atoms with E-state index in [1.807, 2.05) is 6.92 Å². The molecular formula is C16H11ClF6S2.